The Morgan fingerprint density at radius 2 is 1.61 bits per heavy atom. The number of benzene rings is 2. The highest BCUT2D eigenvalue weighted by molar-refractivity contribution is 5.86. The molecular weight excluding hydrogens is 392 g/mol. The monoisotopic (exact) mass is 422 g/mol. The van der Waals surface area contributed by atoms with E-state index in [1.54, 1.807) is 4.90 Å². The molecule has 0 saturated carbocycles. The Hall–Kier alpha value is -2.86. The molecule has 4 rings (SSSR count). The van der Waals surface area contributed by atoms with Gasteiger partial charge in [0.25, 0.3) is 0 Å². The first-order valence-electron chi connectivity index (χ1n) is 11.0. The third-order valence-electron chi connectivity index (χ3n) is 5.96. The van der Waals surface area contributed by atoms with Gasteiger partial charge in [0, 0.05) is 19.0 Å². The second-order valence-corrected chi connectivity index (χ2v) is 8.59. The van der Waals surface area contributed by atoms with Gasteiger partial charge in [-0.2, -0.15) is 0 Å². The van der Waals surface area contributed by atoms with Crippen LogP contribution < -0.4 is 5.32 Å². The van der Waals surface area contributed by atoms with Gasteiger partial charge in [-0.05, 0) is 34.6 Å². The van der Waals surface area contributed by atoms with Crippen molar-refractivity contribution >= 4 is 12.0 Å². The van der Waals surface area contributed by atoms with Gasteiger partial charge in [0.2, 0.25) is 5.91 Å². The molecule has 2 aliphatic rings. The molecule has 6 nitrogen and oxygen atoms in total. The quantitative estimate of drug-likeness (QED) is 0.769. The highest BCUT2D eigenvalue weighted by Crippen LogP contribution is 2.44. The van der Waals surface area contributed by atoms with Gasteiger partial charge in [0.05, 0.1) is 13.2 Å². The van der Waals surface area contributed by atoms with Crippen LogP contribution in [0.1, 0.15) is 37.3 Å². The number of hydrogen-bond acceptors (Lipinski definition) is 4. The van der Waals surface area contributed by atoms with Crippen LogP contribution in [0.2, 0.25) is 0 Å². The Labute approximate surface area is 183 Å². The van der Waals surface area contributed by atoms with Gasteiger partial charge in [-0.1, -0.05) is 62.4 Å². The molecule has 0 aromatic heterocycles. The van der Waals surface area contributed by atoms with E-state index in [9.17, 15) is 9.59 Å². The van der Waals surface area contributed by atoms with Crippen LogP contribution in [0, 0.1) is 5.92 Å². The summed E-state index contributed by atoms with van der Waals surface area (Å²) in [6.45, 7) is 6.49. The fourth-order valence-corrected chi connectivity index (χ4v) is 4.48. The highest BCUT2D eigenvalue weighted by Gasteiger charge is 2.31. The van der Waals surface area contributed by atoms with Crippen LogP contribution in [-0.4, -0.2) is 55.9 Å². The van der Waals surface area contributed by atoms with Gasteiger partial charge >= 0.3 is 6.09 Å². The standard InChI is InChI=1S/C25H30N2O4/c1-17(2)15-23(24(28)27-11-13-30-14-12-27)26-25(29)31-16-22-20-9-5-3-7-18(20)19-8-4-6-10-21(19)22/h3-10,17,22-23H,11-16H2,1-2H3,(H,26,29)/t23-/m0/s1. The number of amides is 2. The summed E-state index contributed by atoms with van der Waals surface area (Å²) < 4.78 is 11.0. The molecule has 1 heterocycles. The highest BCUT2D eigenvalue weighted by atomic mass is 16.5. The molecule has 6 heteroatoms. The van der Waals surface area contributed by atoms with Crippen molar-refractivity contribution < 1.29 is 19.1 Å². The lowest BCUT2D eigenvalue weighted by Crippen LogP contribution is -2.52. The van der Waals surface area contributed by atoms with Gasteiger partial charge in [0.1, 0.15) is 12.6 Å². The SMILES string of the molecule is CC(C)C[C@H](NC(=O)OCC1c2ccccc2-c2ccccc21)C(=O)N1CCOCC1. The zero-order valence-corrected chi connectivity index (χ0v) is 18.2. The van der Waals surface area contributed by atoms with Crippen molar-refractivity contribution in [3.63, 3.8) is 0 Å². The van der Waals surface area contributed by atoms with Gasteiger partial charge in [-0.15, -0.1) is 0 Å². The number of carbonyl (C=O) groups is 2. The van der Waals surface area contributed by atoms with E-state index in [0.717, 1.165) is 0 Å². The first-order valence-corrected chi connectivity index (χ1v) is 11.0. The molecular formula is C25H30N2O4. The molecule has 2 aromatic rings. The minimum atomic E-state index is -0.589. The second kappa shape index (κ2) is 9.52. The van der Waals surface area contributed by atoms with Crippen molar-refractivity contribution in [1.82, 2.24) is 10.2 Å². The van der Waals surface area contributed by atoms with Crippen molar-refractivity contribution in [2.45, 2.75) is 32.2 Å². The molecule has 0 unspecified atom stereocenters. The van der Waals surface area contributed by atoms with Gasteiger partial charge in [-0.3, -0.25) is 4.79 Å². The van der Waals surface area contributed by atoms with Crippen LogP contribution in [0.5, 0.6) is 0 Å². The number of nitrogens with one attached hydrogen (secondary N) is 1. The molecule has 1 saturated heterocycles. The molecule has 1 atom stereocenters. The smallest absolute Gasteiger partial charge is 0.407 e. The molecule has 2 amide bonds. The van der Waals surface area contributed by atoms with Crippen molar-refractivity contribution in [1.29, 1.82) is 0 Å². The summed E-state index contributed by atoms with van der Waals surface area (Å²) in [6.07, 6.45) is 0.0227. The molecule has 31 heavy (non-hydrogen) atoms. The van der Waals surface area contributed by atoms with Crippen LogP contribution in [0.3, 0.4) is 0 Å². The van der Waals surface area contributed by atoms with E-state index in [1.165, 1.54) is 22.3 Å². The molecule has 1 N–H and O–H groups in total. The Kier molecular flexibility index (Phi) is 6.56. The number of hydrogen-bond donors (Lipinski definition) is 1. The molecule has 0 radical (unpaired) electrons. The van der Waals surface area contributed by atoms with E-state index in [4.69, 9.17) is 9.47 Å². The number of carbonyl (C=O) groups excluding carboxylic acids is 2. The first-order chi connectivity index (χ1) is 15.0. The maximum absolute atomic E-state index is 13.0. The summed E-state index contributed by atoms with van der Waals surface area (Å²) in [5.74, 6) is 0.200. The molecule has 164 valence electrons. The molecule has 2 aromatic carbocycles. The Morgan fingerprint density at radius 1 is 1.03 bits per heavy atom. The Morgan fingerprint density at radius 3 is 2.19 bits per heavy atom. The maximum atomic E-state index is 13.0. The topological polar surface area (TPSA) is 67.9 Å². The second-order valence-electron chi connectivity index (χ2n) is 8.59. The fourth-order valence-electron chi connectivity index (χ4n) is 4.48. The molecule has 1 aliphatic carbocycles. The van der Waals surface area contributed by atoms with E-state index in [2.05, 4.69) is 29.6 Å². The van der Waals surface area contributed by atoms with Crippen LogP contribution >= 0.6 is 0 Å². The van der Waals surface area contributed by atoms with Crippen LogP contribution in [-0.2, 0) is 14.3 Å². The van der Waals surface area contributed by atoms with E-state index in [1.807, 2.05) is 38.1 Å². The van der Waals surface area contributed by atoms with E-state index < -0.39 is 12.1 Å². The predicted octanol–water partition coefficient (Wildman–Crippen LogP) is 3.80. The summed E-state index contributed by atoms with van der Waals surface area (Å²) in [5, 5.41) is 2.82. The van der Waals surface area contributed by atoms with E-state index >= 15 is 0 Å². The summed E-state index contributed by atoms with van der Waals surface area (Å²) in [5.41, 5.74) is 4.71. The van der Waals surface area contributed by atoms with Crippen LogP contribution in [0.4, 0.5) is 4.79 Å². The third-order valence-corrected chi connectivity index (χ3v) is 5.96. The number of ether oxygens (including phenoxy) is 2. The fraction of sp³-hybridized carbons (Fsp3) is 0.440. The number of rotatable bonds is 6. The lowest BCUT2D eigenvalue weighted by molar-refractivity contribution is -0.137. The normalized spacial score (nSPS) is 16.5. The van der Waals surface area contributed by atoms with Crippen molar-refractivity contribution in [3.05, 3.63) is 59.7 Å². The molecule has 1 fully saturated rings. The lowest BCUT2D eigenvalue weighted by atomic mass is 9.98. The van der Waals surface area contributed by atoms with Gasteiger partial charge in [-0.25, -0.2) is 4.79 Å². The average Bonchev–Trinajstić information content (AvgIpc) is 3.11. The largest absolute Gasteiger partial charge is 0.449 e. The third kappa shape index (κ3) is 4.74. The summed E-state index contributed by atoms with van der Waals surface area (Å²) in [7, 11) is 0. The van der Waals surface area contributed by atoms with Crippen LogP contribution in [0.15, 0.2) is 48.5 Å². The lowest BCUT2D eigenvalue weighted by Gasteiger charge is -2.31. The van der Waals surface area contributed by atoms with Crippen molar-refractivity contribution in [3.8, 4) is 11.1 Å². The van der Waals surface area contributed by atoms with Crippen LogP contribution in [0.25, 0.3) is 11.1 Å². The Balaban J connectivity index is 1.42. The number of fused-ring (bicyclic) bond motifs is 3. The maximum Gasteiger partial charge on any atom is 0.407 e. The first kappa shape index (κ1) is 21.4. The minimum Gasteiger partial charge on any atom is -0.449 e. The van der Waals surface area contributed by atoms with Crippen molar-refractivity contribution in [2.24, 2.45) is 5.92 Å². The summed E-state index contributed by atoms with van der Waals surface area (Å²) in [4.78, 5) is 27.4. The Bertz CT molecular complexity index is 891. The van der Waals surface area contributed by atoms with Crippen molar-refractivity contribution in [2.75, 3.05) is 32.9 Å². The zero-order chi connectivity index (χ0) is 21.8. The molecule has 0 bridgehead atoms. The van der Waals surface area contributed by atoms with E-state index in [0.29, 0.717) is 32.7 Å². The minimum absolute atomic E-state index is 0.00311. The molecule has 0 spiro atoms. The zero-order valence-electron chi connectivity index (χ0n) is 18.2. The average molecular weight is 423 g/mol. The van der Waals surface area contributed by atoms with Gasteiger partial charge < -0.3 is 19.7 Å². The van der Waals surface area contributed by atoms with Gasteiger partial charge in [0.15, 0.2) is 0 Å². The predicted molar refractivity (Wildman–Crippen MR) is 119 cm³/mol. The number of nitrogens with zero attached hydrogens (tertiary/aromatic N) is 1. The number of morpholine rings is 1. The summed E-state index contributed by atoms with van der Waals surface area (Å²) in [6, 6.07) is 15.9. The summed E-state index contributed by atoms with van der Waals surface area (Å²) >= 11 is 0. The number of alkyl carbamates (subject to hydrolysis) is 1. The van der Waals surface area contributed by atoms with E-state index in [-0.39, 0.29) is 24.3 Å². The molecule has 1 aliphatic heterocycles.